The number of benzene rings is 1. The van der Waals surface area contributed by atoms with Crippen LogP contribution in [-0.2, 0) is 11.3 Å². The van der Waals surface area contributed by atoms with Crippen molar-refractivity contribution in [3.05, 3.63) is 53.4 Å². The van der Waals surface area contributed by atoms with Crippen LogP contribution in [0.1, 0.15) is 12.7 Å². The highest BCUT2D eigenvalue weighted by Crippen LogP contribution is 2.25. The minimum absolute atomic E-state index is 0.136. The van der Waals surface area contributed by atoms with Crippen molar-refractivity contribution in [2.24, 2.45) is 16.0 Å². The van der Waals surface area contributed by atoms with Crippen LogP contribution in [0.2, 0.25) is 5.02 Å². The number of hydrazone groups is 1. The number of hydrogen-bond acceptors (Lipinski definition) is 4. The molecule has 0 N–H and O–H groups in total. The highest BCUT2D eigenvalue weighted by molar-refractivity contribution is 6.31. The second kappa shape index (κ2) is 6.15. The minimum Gasteiger partial charge on any atom is -0.467 e. The van der Waals surface area contributed by atoms with Crippen LogP contribution in [0.25, 0.3) is 0 Å². The molecule has 0 aliphatic carbocycles. The van der Waals surface area contributed by atoms with Crippen LogP contribution in [0.5, 0.6) is 0 Å². The largest absolute Gasteiger partial charge is 0.467 e. The van der Waals surface area contributed by atoms with Gasteiger partial charge in [-0.25, -0.2) is 0 Å². The van der Waals surface area contributed by atoms with Gasteiger partial charge in [-0.15, -0.1) is 0 Å². The molecule has 1 aliphatic rings. The Morgan fingerprint density at radius 2 is 2.27 bits per heavy atom. The van der Waals surface area contributed by atoms with Gasteiger partial charge in [0.25, 0.3) is 5.91 Å². The molecule has 0 radical (unpaired) electrons. The van der Waals surface area contributed by atoms with Crippen molar-refractivity contribution in [2.45, 2.75) is 13.5 Å². The molecule has 5 nitrogen and oxygen atoms in total. The van der Waals surface area contributed by atoms with E-state index in [4.69, 9.17) is 16.0 Å². The summed E-state index contributed by atoms with van der Waals surface area (Å²) in [7, 11) is 0. The quantitative estimate of drug-likeness (QED) is 0.810. The molecule has 0 fully saturated rings. The Labute approximate surface area is 132 Å². The predicted molar refractivity (Wildman–Crippen MR) is 86.4 cm³/mol. The Bertz CT molecular complexity index is 738. The van der Waals surface area contributed by atoms with Crippen molar-refractivity contribution >= 4 is 35.1 Å². The van der Waals surface area contributed by atoms with Gasteiger partial charge in [-0.1, -0.05) is 17.7 Å². The van der Waals surface area contributed by atoms with Crippen LogP contribution in [0, 0.1) is 5.92 Å². The summed E-state index contributed by atoms with van der Waals surface area (Å²) in [5.41, 5.74) is 1.35. The topological polar surface area (TPSA) is 58.2 Å². The molecule has 1 amide bonds. The average molecular weight is 316 g/mol. The summed E-state index contributed by atoms with van der Waals surface area (Å²) in [5, 5.41) is 6.23. The van der Waals surface area contributed by atoms with Crippen molar-refractivity contribution in [1.29, 1.82) is 0 Å². The van der Waals surface area contributed by atoms with Crippen molar-refractivity contribution in [3.8, 4) is 0 Å². The van der Waals surface area contributed by atoms with Crippen LogP contribution in [0.3, 0.4) is 0 Å². The van der Waals surface area contributed by atoms with E-state index in [1.807, 2.05) is 13.0 Å². The van der Waals surface area contributed by atoms with Gasteiger partial charge in [0.15, 0.2) is 0 Å². The molecule has 112 valence electrons. The molecule has 0 saturated carbocycles. The van der Waals surface area contributed by atoms with Crippen molar-refractivity contribution in [3.63, 3.8) is 0 Å². The summed E-state index contributed by atoms with van der Waals surface area (Å²) in [5.74, 6) is 0.167. The normalized spacial score (nSPS) is 18.3. The second-order valence-corrected chi connectivity index (χ2v) is 5.35. The van der Waals surface area contributed by atoms with Crippen molar-refractivity contribution < 1.29 is 9.21 Å². The van der Waals surface area contributed by atoms with Gasteiger partial charge in [-0.05, 0) is 37.3 Å². The fourth-order valence-corrected chi connectivity index (χ4v) is 2.38. The van der Waals surface area contributed by atoms with E-state index in [1.165, 1.54) is 5.01 Å². The molecule has 2 heterocycles. The van der Waals surface area contributed by atoms with E-state index in [1.54, 1.807) is 42.8 Å². The lowest BCUT2D eigenvalue weighted by Gasteiger charge is -2.12. The Morgan fingerprint density at radius 3 is 3.00 bits per heavy atom. The monoisotopic (exact) mass is 315 g/mol. The lowest BCUT2D eigenvalue weighted by atomic mass is 10.1. The van der Waals surface area contributed by atoms with Crippen molar-refractivity contribution in [2.75, 3.05) is 5.01 Å². The molecule has 0 saturated heterocycles. The van der Waals surface area contributed by atoms with E-state index < -0.39 is 5.92 Å². The number of carbonyl (C=O) groups is 1. The molecule has 2 aromatic rings. The third-order valence-electron chi connectivity index (χ3n) is 3.32. The summed E-state index contributed by atoms with van der Waals surface area (Å²) in [6.07, 6.45) is 3.22. The summed E-state index contributed by atoms with van der Waals surface area (Å²) < 4.78 is 5.20. The second-order valence-electron chi connectivity index (χ2n) is 4.92. The third kappa shape index (κ3) is 2.94. The Morgan fingerprint density at radius 1 is 1.41 bits per heavy atom. The van der Waals surface area contributed by atoms with E-state index in [0.717, 1.165) is 5.76 Å². The first-order chi connectivity index (χ1) is 10.6. The standard InChI is InChI=1S/C16H14ClN3O2/c1-11-15(10-18-9-14-6-3-7-22-14)16(21)20(19-11)13-5-2-4-12(17)8-13/h2-8,10,15H,9H2,1H3/t15-/m1/s1. The highest BCUT2D eigenvalue weighted by atomic mass is 35.5. The summed E-state index contributed by atoms with van der Waals surface area (Å²) in [6, 6.07) is 10.7. The molecule has 1 atom stereocenters. The average Bonchev–Trinajstić information content (AvgIpc) is 3.10. The molecule has 0 spiro atoms. The maximum Gasteiger partial charge on any atom is 0.261 e. The zero-order valence-electron chi connectivity index (χ0n) is 11.9. The molecule has 3 rings (SSSR count). The molecule has 1 aliphatic heterocycles. The molecular weight excluding hydrogens is 302 g/mol. The highest BCUT2D eigenvalue weighted by Gasteiger charge is 2.33. The fourth-order valence-electron chi connectivity index (χ4n) is 2.19. The first kappa shape index (κ1) is 14.5. The van der Waals surface area contributed by atoms with Crippen LogP contribution in [-0.4, -0.2) is 17.8 Å². The molecule has 22 heavy (non-hydrogen) atoms. The smallest absolute Gasteiger partial charge is 0.261 e. The molecular formula is C16H14ClN3O2. The van der Waals surface area contributed by atoms with Gasteiger partial charge in [0.1, 0.15) is 11.7 Å². The number of rotatable bonds is 4. The number of halogens is 1. The summed E-state index contributed by atoms with van der Waals surface area (Å²) in [4.78, 5) is 16.7. The van der Waals surface area contributed by atoms with Crippen LogP contribution in [0.15, 0.2) is 57.2 Å². The van der Waals surface area contributed by atoms with Gasteiger partial charge in [0.2, 0.25) is 0 Å². The van der Waals surface area contributed by atoms with E-state index >= 15 is 0 Å². The lowest BCUT2D eigenvalue weighted by Crippen LogP contribution is -2.27. The third-order valence-corrected chi connectivity index (χ3v) is 3.55. The number of aliphatic imine (C=N–C) groups is 1. The molecule has 1 aromatic heterocycles. The number of furan rings is 1. The van der Waals surface area contributed by atoms with E-state index in [9.17, 15) is 4.79 Å². The maximum atomic E-state index is 12.5. The van der Waals surface area contributed by atoms with Crippen LogP contribution < -0.4 is 5.01 Å². The first-order valence-corrected chi connectivity index (χ1v) is 7.20. The van der Waals surface area contributed by atoms with E-state index in [0.29, 0.717) is 23.0 Å². The minimum atomic E-state index is -0.450. The van der Waals surface area contributed by atoms with Gasteiger partial charge in [0.05, 0.1) is 24.2 Å². The van der Waals surface area contributed by atoms with Gasteiger partial charge in [0, 0.05) is 11.2 Å². The fraction of sp³-hybridized carbons (Fsp3) is 0.188. The zero-order valence-corrected chi connectivity index (χ0v) is 12.7. The van der Waals surface area contributed by atoms with E-state index in [2.05, 4.69) is 10.1 Å². The Balaban J connectivity index is 1.74. The van der Waals surface area contributed by atoms with E-state index in [-0.39, 0.29) is 5.91 Å². The molecule has 0 bridgehead atoms. The summed E-state index contributed by atoms with van der Waals surface area (Å²) in [6.45, 7) is 2.22. The van der Waals surface area contributed by atoms with Crippen LogP contribution >= 0.6 is 11.6 Å². The predicted octanol–water partition coefficient (Wildman–Crippen LogP) is 3.54. The number of anilines is 1. The molecule has 1 aromatic carbocycles. The van der Waals surface area contributed by atoms with Gasteiger partial charge in [-0.2, -0.15) is 10.1 Å². The van der Waals surface area contributed by atoms with Gasteiger partial charge < -0.3 is 4.42 Å². The van der Waals surface area contributed by atoms with Gasteiger partial charge >= 0.3 is 0 Å². The summed E-state index contributed by atoms with van der Waals surface area (Å²) >= 11 is 5.96. The zero-order chi connectivity index (χ0) is 15.5. The first-order valence-electron chi connectivity index (χ1n) is 6.82. The number of hydrogen-bond donors (Lipinski definition) is 0. The van der Waals surface area contributed by atoms with Crippen molar-refractivity contribution in [1.82, 2.24) is 0 Å². The Hall–Kier alpha value is -2.40. The SMILES string of the molecule is CC1=NN(c2cccc(Cl)c2)C(=O)[C@@H]1C=NCc1ccco1. The molecule has 6 heteroatoms. The maximum absolute atomic E-state index is 12.5. The Kier molecular flexibility index (Phi) is 4.06. The number of amides is 1. The number of nitrogens with zero attached hydrogens (tertiary/aromatic N) is 3. The van der Waals surface area contributed by atoms with Crippen LogP contribution in [0.4, 0.5) is 5.69 Å². The number of carbonyl (C=O) groups excluding carboxylic acids is 1. The lowest BCUT2D eigenvalue weighted by molar-refractivity contribution is -0.118. The van der Waals surface area contributed by atoms with Gasteiger partial charge in [-0.3, -0.25) is 9.79 Å². The molecule has 0 unspecified atom stereocenters.